The molecule has 2 amide bonds. The van der Waals surface area contributed by atoms with E-state index in [1.54, 1.807) is 29.2 Å². The minimum atomic E-state index is -3.59. The molecule has 2 fully saturated rings. The van der Waals surface area contributed by atoms with Gasteiger partial charge in [-0.2, -0.15) is 4.31 Å². The first-order valence-electron chi connectivity index (χ1n) is 9.68. The zero-order valence-electron chi connectivity index (χ0n) is 15.7. The number of fused-ring (bicyclic) bond motifs is 1. The van der Waals surface area contributed by atoms with Crippen molar-refractivity contribution in [2.45, 2.75) is 24.2 Å². The van der Waals surface area contributed by atoms with Gasteiger partial charge in [-0.15, -0.1) is 0 Å². The molecule has 0 saturated carbocycles. The minimum Gasteiger partial charge on any atom is -0.325 e. The van der Waals surface area contributed by atoms with E-state index >= 15 is 0 Å². The predicted octanol–water partition coefficient (Wildman–Crippen LogP) is 3.41. The van der Waals surface area contributed by atoms with Crippen molar-refractivity contribution >= 4 is 38.4 Å². The molecule has 2 saturated heterocycles. The maximum absolute atomic E-state index is 13.1. The van der Waals surface area contributed by atoms with Gasteiger partial charge in [0.2, 0.25) is 10.0 Å². The SMILES string of the molecule is O=C(N1CCCCC1)N1CCN(S(=O)(=O)c2ccc3cc(Cl)ccc3c2)CC1. The number of hydrogen-bond acceptors (Lipinski definition) is 3. The van der Waals surface area contributed by atoms with Crippen LogP contribution in [-0.4, -0.2) is 67.8 Å². The molecular formula is C20H24ClN3O3S. The maximum atomic E-state index is 13.1. The number of benzene rings is 2. The third-order valence-electron chi connectivity index (χ3n) is 5.55. The van der Waals surface area contributed by atoms with Gasteiger partial charge in [0, 0.05) is 44.3 Å². The van der Waals surface area contributed by atoms with Crippen LogP contribution in [-0.2, 0) is 10.0 Å². The van der Waals surface area contributed by atoms with Crippen LogP contribution in [0.15, 0.2) is 41.3 Å². The van der Waals surface area contributed by atoms with E-state index in [-0.39, 0.29) is 10.9 Å². The first-order chi connectivity index (χ1) is 13.4. The highest BCUT2D eigenvalue weighted by atomic mass is 35.5. The molecule has 150 valence electrons. The molecule has 0 N–H and O–H groups in total. The standard InChI is InChI=1S/C20H24ClN3O3S/c21-18-6-4-17-15-19(7-5-16(17)14-18)28(26,27)24-12-10-23(11-13-24)20(25)22-8-2-1-3-9-22/h4-7,14-15H,1-3,8-13H2. The fourth-order valence-electron chi connectivity index (χ4n) is 3.91. The van der Waals surface area contributed by atoms with Crippen LogP contribution in [0, 0.1) is 0 Å². The number of carbonyl (C=O) groups is 1. The Hall–Kier alpha value is -1.83. The van der Waals surface area contributed by atoms with E-state index < -0.39 is 10.0 Å². The van der Waals surface area contributed by atoms with Gasteiger partial charge in [-0.3, -0.25) is 0 Å². The van der Waals surface area contributed by atoms with Gasteiger partial charge in [0.15, 0.2) is 0 Å². The summed E-state index contributed by atoms with van der Waals surface area (Å²) in [6.45, 7) is 3.10. The lowest BCUT2D eigenvalue weighted by atomic mass is 10.1. The second-order valence-electron chi connectivity index (χ2n) is 7.37. The smallest absolute Gasteiger partial charge is 0.320 e. The fraction of sp³-hybridized carbons (Fsp3) is 0.450. The van der Waals surface area contributed by atoms with E-state index in [0.717, 1.165) is 36.7 Å². The average molecular weight is 422 g/mol. The summed E-state index contributed by atoms with van der Waals surface area (Å²) in [7, 11) is -3.59. The van der Waals surface area contributed by atoms with Gasteiger partial charge in [0.1, 0.15) is 0 Å². The maximum Gasteiger partial charge on any atom is 0.320 e. The zero-order valence-corrected chi connectivity index (χ0v) is 17.3. The monoisotopic (exact) mass is 421 g/mol. The van der Waals surface area contributed by atoms with E-state index in [9.17, 15) is 13.2 Å². The molecule has 0 bridgehead atoms. The number of piperazine rings is 1. The number of piperidine rings is 1. The lowest BCUT2D eigenvalue weighted by Gasteiger charge is -2.38. The number of halogens is 1. The van der Waals surface area contributed by atoms with E-state index in [0.29, 0.717) is 31.2 Å². The molecule has 28 heavy (non-hydrogen) atoms. The molecule has 2 aromatic carbocycles. The Bertz CT molecular complexity index is 981. The van der Waals surface area contributed by atoms with Crippen molar-refractivity contribution in [2.75, 3.05) is 39.3 Å². The van der Waals surface area contributed by atoms with Crippen LogP contribution in [0.5, 0.6) is 0 Å². The molecule has 2 heterocycles. The largest absolute Gasteiger partial charge is 0.325 e. The molecule has 0 radical (unpaired) electrons. The molecule has 2 aliphatic heterocycles. The van der Waals surface area contributed by atoms with Gasteiger partial charge in [0.25, 0.3) is 0 Å². The van der Waals surface area contributed by atoms with Crippen molar-refractivity contribution in [1.29, 1.82) is 0 Å². The number of rotatable bonds is 2. The van der Waals surface area contributed by atoms with Crippen LogP contribution in [0.3, 0.4) is 0 Å². The Morgan fingerprint density at radius 3 is 2.11 bits per heavy atom. The van der Waals surface area contributed by atoms with Crippen molar-refractivity contribution in [1.82, 2.24) is 14.1 Å². The van der Waals surface area contributed by atoms with Crippen LogP contribution in [0.1, 0.15) is 19.3 Å². The summed E-state index contributed by atoms with van der Waals surface area (Å²) < 4.78 is 27.6. The number of urea groups is 1. The van der Waals surface area contributed by atoms with Gasteiger partial charge in [-0.05, 0) is 54.3 Å². The van der Waals surface area contributed by atoms with Crippen molar-refractivity contribution in [2.24, 2.45) is 0 Å². The highest BCUT2D eigenvalue weighted by molar-refractivity contribution is 7.89. The van der Waals surface area contributed by atoms with E-state index in [1.165, 1.54) is 10.7 Å². The van der Waals surface area contributed by atoms with Crippen molar-refractivity contribution in [3.8, 4) is 0 Å². The van der Waals surface area contributed by atoms with Gasteiger partial charge < -0.3 is 9.80 Å². The van der Waals surface area contributed by atoms with Gasteiger partial charge in [0.05, 0.1) is 4.90 Å². The second-order valence-corrected chi connectivity index (χ2v) is 9.75. The molecular weight excluding hydrogens is 398 g/mol. The third kappa shape index (κ3) is 3.83. The number of sulfonamides is 1. The summed E-state index contributed by atoms with van der Waals surface area (Å²) >= 11 is 6.00. The Balaban J connectivity index is 1.46. The topological polar surface area (TPSA) is 60.9 Å². The number of hydrogen-bond donors (Lipinski definition) is 0. The Labute approximate surface area is 170 Å². The highest BCUT2D eigenvalue weighted by Crippen LogP contribution is 2.25. The number of amides is 2. The summed E-state index contributed by atoms with van der Waals surface area (Å²) in [5.74, 6) is 0. The van der Waals surface area contributed by atoms with E-state index in [2.05, 4.69) is 0 Å². The summed E-state index contributed by atoms with van der Waals surface area (Å²) in [5, 5.41) is 2.37. The first-order valence-corrected chi connectivity index (χ1v) is 11.5. The zero-order chi connectivity index (χ0) is 19.7. The molecule has 2 aromatic rings. The van der Waals surface area contributed by atoms with Crippen molar-refractivity contribution in [3.05, 3.63) is 41.4 Å². The molecule has 0 atom stereocenters. The van der Waals surface area contributed by atoms with Crippen molar-refractivity contribution < 1.29 is 13.2 Å². The van der Waals surface area contributed by atoms with Crippen molar-refractivity contribution in [3.63, 3.8) is 0 Å². The molecule has 2 aliphatic rings. The minimum absolute atomic E-state index is 0.0410. The van der Waals surface area contributed by atoms with Gasteiger partial charge in [-0.1, -0.05) is 23.7 Å². The van der Waals surface area contributed by atoms with Crippen LogP contribution in [0.4, 0.5) is 4.79 Å². The first kappa shape index (κ1) is 19.5. The lowest BCUT2D eigenvalue weighted by molar-refractivity contribution is 0.126. The molecule has 0 aliphatic carbocycles. The Kier molecular flexibility index (Phi) is 5.49. The number of carbonyl (C=O) groups excluding carboxylic acids is 1. The van der Waals surface area contributed by atoms with Crippen LogP contribution < -0.4 is 0 Å². The summed E-state index contributed by atoms with van der Waals surface area (Å²) in [4.78, 5) is 16.6. The van der Waals surface area contributed by atoms with E-state index in [4.69, 9.17) is 11.6 Å². The second kappa shape index (κ2) is 7.89. The molecule has 6 nitrogen and oxygen atoms in total. The predicted molar refractivity (Wildman–Crippen MR) is 110 cm³/mol. The summed E-state index contributed by atoms with van der Waals surface area (Å²) in [5.41, 5.74) is 0. The fourth-order valence-corrected chi connectivity index (χ4v) is 5.55. The third-order valence-corrected chi connectivity index (χ3v) is 7.68. The lowest BCUT2D eigenvalue weighted by Crippen LogP contribution is -2.54. The normalized spacial score (nSPS) is 19.2. The summed E-state index contributed by atoms with van der Waals surface area (Å²) in [6.07, 6.45) is 3.27. The number of likely N-dealkylation sites (tertiary alicyclic amines) is 1. The van der Waals surface area contributed by atoms with Gasteiger partial charge >= 0.3 is 6.03 Å². The average Bonchev–Trinajstić information content (AvgIpc) is 2.73. The number of nitrogens with zero attached hydrogens (tertiary/aromatic N) is 3. The van der Waals surface area contributed by atoms with Crippen LogP contribution in [0.2, 0.25) is 5.02 Å². The molecule has 0 unspecified atom stereocenters. The molecule has 4 rings (SSSR count). The Morgan fingerprint density at radius 1 is 0.786 bits per heavy atom. The summed E-state index contributed by atoms with van der Waals surface area (Å²) in [6, 6.07) is 10.5. The van der Waals surface area contributed by atoms with Crippen LogP contribution in [0.25, 0.3) is 10.8 Å². The molecule has 8 heteroatoms. The van der Waals surface area contributed by atoms with Crippen LogP contribution >= 0.6 is 11.6 Å². The Morgan fingerprint density at radius 2 is 1.39 bits per heavy atom. The highest BCUT2D eigenvalue weighted by Gasteiger charge is 2.32. The molecule has 0 aromatic heterocycles. The molecule has 0 spiro atoms. The van der Waals surface area contributed by atoms with Gasteiger partial charge in [-0.25, -0.2) is 13.2 Å². The van der Waals surface area contributed by atoms with E-state index in [1.807, 2.05) is 17.0 Å². The quantitative estimate of drug-likeness (QED) is 0.746.